The predicted octanol–water partition coefficient (Wildman–Crippen LogP) is 4.85. The number of carbonyl (C=O) groups excluding carboxylic acids is 2. The van der Waals surface area contributed by atoms with Crippen molar-refractivity contribution in [3.8, 4) is 5.75 Å². The second kappa shape index (κ2) is 9.48. The number of ether oxygens (including phenoxy) is 2. The van der Waals surface area contributed by atoms with Gasteiger partial charge < -0.3 is 14.8 Å². The van der Waals surface area contributed by atoms with Crippen LogP contribution in [-0.2, 0) is 14.3 Å². The van der Waals surface area contributed by atoms with Crippen LogP contribution in [0.25, 0.3) is 6.08 Å². The molecule has 0 saturated heterocycles. The molecule has 2 rings (SSSR count). The lowest BCUT2D eigenvalue weighted by Crippen LogP contribution is -2.20. The van der Waals surface area contributed by atoms with E-state index in [1.165, 1.54) is 18.2 Å². The van der Waals surface area contributed by atoms with Gasteiger partial charge in [-0.05, 0) is 35.9 Å². The molecule has 5 nitrogen and oxygen atoms in total. The summed E-state index contributed by atoms with van der Waals surface area (Å²) in [6, 6.07) is 9.94. The lowest BCUT2D eigenvalue weighted by atomic mass is 10.2. The fraction of sp³-hybridized carbons (Fsp3) is 0.111. The molecule has 0 bridgehead atoms. The van der Waals surface area contributed by atoms with Gasteiger partial charge in [-0.2, -0.15) is 0 Å². The zero-order valence-electron chi connectivity index (χ0n) is 13.6. The van der Waals surface area contributed by atoms with Crippen molar-refractivity contribution in [1.82, 2.24) is 0 Å². The fourth-order valence-corrected chi connectivity index (χ4v) is 2.49. The average Bonchev–Trinajstić information content (AvgIpc) is 2.63. The zero-order valence-corrected chi connectivity index (χ0v) is 15.9. The minimum Gasteiger partial charge on any atom is -0.497 e. The maximum atomic E-state index is 11.9. The molecule has 2 aromatic rings. The summed E-state index contributed by atoms with van der Waals surface area (Å²) in [6.45, 7) is -0.474. The number of benzene rings is 2. The third kappa shape index (κ3) is 5.95. The first-order valence-corrected chi connectivity index (χ1v) is 8.45. The van der Waals surface area contributed by atoms with Gasteiger partial charge in [0.1, 0.15) is 5.75 Å². The number of halogens is 3. The van der Waals surface area contributed by atoms with Crippen LogP contribution in [0.3, 0.4) is 0 Å². The average molecular weight is 415 g/mol. The van der Waals surface area contributed by atoms with E-state index in [0.717, 1.165) is 5.56 Å². The van der Waals surface area contributed by atoms with Crippen LogP contribution in [0, 0.1) is 0 Å². The molecule has 8 heteroatoms. The van der Waals surface area contributed by atoms with Crippen molar-refractivity contribution >= 4 is 58.4 Å². The molecule has 0 aliphatic rings. The molecule has 0 aliphatic heterocycles. The highest BCUT2D eigenvalue weighted by molar-refractivity contribution is 6.44. The number of hydrogen-bond donors (Lipinski definition) is 1. The first-order chi connectivity index (χ1) is 12.4. The van der Waals surface area contributed by atoms with Gasteiger partial charge in [-0.15, -0.1) is 0 Å². The molecule has 0 atom stereocenters. The van der Waals surface area contributed by atoms with E-state index in [4.69, 9.17) is 44.3 Å². The summed E-state index contributed by atoms with van der Waals surface area (Å²) in [4.78, 5) is 23.6. The monoisotopic (exact) mass is 413 g/mol. The van der Waals surface area contributed by atoms with Crippen molar-refractivity contribution < 1.29 is 19.1 Å². The van der Waals surface area contributed by atoms with Crippen molar-refractivity contribution in [3.05, 3.63) is 63.1 Å². The van der Waals surface area contributed by atoms with Gasteiger partial charge in [0, 0.05) is 6.08 Å². The lowest BCUT2D eigenvalue weighted by Gasteiger charge is -2.08. The summed E-state index contributed by atoms with van der Waals surface area (Å²) < 4.78 is 9.97. The molecule has 1 amide bonds. The van der Waals surface area contributed by atoms with Crippen LogP contribution in [0.1, 0.15) is 5.56 Å². The van der Waals surface area contributed by atoms with Crippen LogP contribution < -0.4 is 10.1 Å². The minimum atomic E-state index is -0.664. The molecule has 0 fully saturated rings. The van der Waals surface area contributed by atoms with Gasteiger partial charge in [0.25, 0.3) is 5.91 Å². The molecule has 0 heterocycles. The number of hydrogen-bond acceptors (Lipinski definition) is 4. The normalized spacial score (nSPS) is 10.6. The van der Waals surface area contributed by atoms with Crippen LogP contribution in [0.15, 0.2) is 42.5 Å². The second-order valence-corrected chi connectivity index (χ2v) is 6.23. The first kappa shape index (κ1) is 20.1. The molecule has 0 aromatic heterocycles. The molecule has 0 radical (unpaired) electrons. The van der Waals surface area contributed by atoms with Crippen molar-refractivity contribution in [2.45, 2.75) is 0 Å². The molecule has 26 heavy (non-hydrogen) atoms. The molecule has 0 saturated carbocycles. The highest BCUT2D eigenvalue weighted by Gasteiger charge is 2.11. The van der Waals surface area contributed by atoms with E-state index in [1.807, 2.05) is 0 Å². The summed E-state index contributed by atoms with van der Waals surface area (Å²) in [5.74, 6) is -0.560. The van der Waals surface area contributed by atoms with Gasteiger partial charge >= 0.3 is 5.97 Å². The number of anilines is 1. The van der Waals surface area contributed by atoms with Gasteiger partial charge in [0.2, 0.25) is 0 Å². The van der Waals surface area contributed by atoms with Crippen molar-refractivity contribution in [2.24, 2.45) is 0 Å². The van der Waals surface area contributed by atoms with Crippen molar-refractivity contribution in [3.63, 3.8) is 0 Å². The van der Waals surface area contributed by atoms with Gasteiger partial charge in [-0.1, -0.05) is 46.9 Å². The van der Waals surface area contributed by atoms with Crippen LogP contribution >= 0.6 is 34.8 Å². The standard InChI is InChI=1S/C18H14Cl3NO4/c1-25-12-4-2-3-11(7-12)5-6-18(24)26-10-17(23)22-16-9-14(20)13(19)8-15(16)21/h2-9H,10H2,1H3,(H,22,23)/b6-5+. The van der Waals surface area contributed by atoms with Crippen LogP contribution in [0.2, 0.25) is 15.1 Å². The SMILES string of the molecule is COc1cccc(/C=C/C(=O)OCC(=O)Nc2cc(Cl)c(Cl)cc2Cl)c1. The predicted molar refractivity (Wildman–Crippen MR) is 103 cm³/mol. The largest absolute Gasteiger partial charge is 0.497 e. The molecular weight excluding hydrogens is 401 g/mol. The van der Waals surface area contributed by atoms with E-state index in [0.29, 0.717) is 5.75 Å². The summed E-state index contributed by atoms with van der Waals surface area (Å²) in [7, 11) is 1.55. The summed E-state index contributed by atoms with van der Waals surface area (Å²) in [6.07, 6.45) is 2.77. The Hall–Kier alpha value is -2.21. The van der Waals surface area contributed by atoms with Gasteiger partial charge in [-0.25, -0.2) is 4.79 Å². The Morgan fingerprint density at radius 3 is 2.54 bits per heavy atom. The number of amides is 1. The zero-order chi connectivity index (χ0) is 19.1. The Kier molecular flexibility index (Phi) is 7.33. The Morgan fingerprint density at radius 2 is 1.81 bits per heavy atom. The molecule has 1 N–H and O–H groups in total. The fourth-order valence-electron chi connectivity index (χ4n) is 1.90. The van der Waals surface area contributed by atoms with E-state index in [9.17, 15) is 9.59 Å². The number of methoxy groups -OCH3 is 1. The topological polar surface area (TPSA) is 64.6 Å². The van der Waals surface area contributed by atoms with Gasteiger partial charge in [0.05, 0.1) is 27.9 Å². The maximum Gasteiger partial charge on any atom is 0.331 e. The summed E-state index contributed by atoms with van der Waals surface area (Å²) >= 11 is 17.7. The molecule has 0 spiro atoms. The van der Waals surface area contributed by atoms with E-state index in [1.54, 1.807) is 37.5 Å². The van der Waals surface area contributed by atoms with E-state index in [2.05, 4.69) is 5.32 Å². The third-order valence-electron chi connectivity index (χ3n) is 3.14. The Balaban J connectivity index is 1.87. The van der Waals surface area contributed by atoms with E-state index >= 15 is 0 Å². The van der Waals surface area contributed by atoms with Crippen molar-refractivity contribution in [1.29, 1.82) is 0 Å². The second-order valence-electron chi connectivity index (χ2n) is 5.01. The number of rotatable bonds is 6. The van der Waals surface area contributed by atoms with Crippen LogP contribution in [0.4, 0.5) is 5.69 Å². The Bertz CT molecular complexity index is 852. The van der Waals surface area contributed by atoms with Gasteiger partial charge in [0.15, 0.2) is 6.61 Å². The van der Waals surface area contributed by atoms with E-state index in [-0.39, 0.29) is 20.8 Å². The Morgan fingerprint density at radius 1 is 1.08 bits per heavy atom. The summed E-state index contributed by atoms with van der Waals surface area (Å²) in [5, 5.41) is 3.22. The quantitative estimate of drug-likeness (QED) is 0.417. The number of nitrogens with one attached hydrogen (secondary N) is 1. The maximum absolute atomic E-state index is 11.9. The van der Waals surface area contributed by atoms with E-state index < -0.39 is 18.5 Å². The smallest absolute Gasteiger partial charge is 0.331 e. The Labute approximate surface area is 165 Å². The highest BCUT2D eigenvalue weighted by atomic mass is 35.5. The number of esters is 1. The van der Waals surface area contributed by atoms with Crippen LogP contribution in [0.5, 0.6) is 5.75 Å². The summed E-state index contributed by atoms with van der Waals surface area (Å²) in [5.41, 5.74) is 1.03. The molecular formula is C18H14Cl3NO4. The highest BCUT2D eigenvalue weighted by Crippen LogP contribution is 2.32. The first-order valence-electron chi connectivity index (χ1n) is 7.32. The molecule has 0 aliphatic carbocycles. The minimum absolute atomic E-state index is 0.219. The third-order valence-corrected chi connectivity index (χ3v) is 4.17. The molecule has 0 unspecified atom stereocenters. The van der Waals surface area contributed by atoms with Gasteiger partial charge in [-0.3, -0.25) is 4.79 Å². The number of carbonyl (C=O) groups is 2. The van der Waals surface area contributed by atoms with Crippen LogP contribution in [-0.4, -0.2) is 25.6 Å². The van der Waals surface area contributed by atoms with Crippen molar-refractivity contribution in [2.75, 3.05) is 19.0 Å². The molecule has 136 valence electrons. The lowest BCUT2D eigenvalue weighted by molar-refractivity contribution is -0.142. The molecule has 2 aromatic carbocycles.